The molecule has 1 saturated heterocycles. The summed E-state index contributed by atoms with van der Waals surface area (Å²) in [7, 11) is 2.18. The van der Waals surface area contributed by atoms with Crippen molar-refractivity contribution in [3.63, 3.8) is 0 Å². The largest absolute Gasteiger partial charge is 0.368 e. The Balaban J connectivity index is 2.24. The molecule has 4 heteroatoms. The van der Waals surface area contributed by atoms with Crippen molar-refractivity contribution in [3.8, 4) is 0 Å². The van der Waals surface area contributed by atoms with Crippen LogP contribution in [-0.4, -0.2) is 42.6 Å². The Hall–Kier alpha value is -0.800. The monoisotopic (exact) mass is 253 g/mol. The maximum atomic E-state index is 5.99. The number of hydrogen-bond donors (Lipinski definition) is 0. The average molecular weight is 254 g/mol. The molecule has 0 N–H and O–H groups in total. The van der Waals surface area contributed by atoms with E-state index in [0.717, 1.165) is 30.9 Å². The second-order valence-corrected chi connectivity index (χ2v) is 5.13. The lowest BCUT2D eigenvalue weighted by Gasteiger charge is -2.39. The van der Waals surface area contributed by atoms with Crippen molar-refractivity contribution < 1.29 is 0 Å². The number of halogens is 1. The predicted molar refractivity (Wildman–Crippen MR) is 72.8 cm³/mol. The first-order valence-electron chi connectivity index (χ1n) is 6.08. The summed E-state index contributed by atoms with van der Waals surface area (Å²) in [6, 6.07) is 2.73. The normalized spacial score (nSPS) is 21.9. The minimum Gasteiger partial charge on any atom is -0.368 e. The van der Waals surface area contributed by atoms with Gasteiger partial charge in [0.15, 0.2) is 0 Å². The molecule has 2 heterocycles. The third kappa shape index (κ3) is 2.72. The fourth-order valence-electron chi connectivity index (χ4n) is 2.24. The minimum atomic E-state index is 0.531. The SMILES string of the molecule is Cc1cc(N2CCN(C)C(C)C2)c(CCl)cn1. The predicted octanol–water partition coefficient (Wildman–Crippen LogP) is 2.27. The van der Waals surface area contributed by atoms with Crippen LogP contribution in [0.5, 0.6) is 0 Å². The van der Waals surface area contributed by atoms with Gasteiger partial charge in [0.1, 0.15) is 0 Å². The van der Waals surface area contributed by atoms with Crippen LogP contribution in [0.2, 0.25) is 0 Å². The smallest absolute Gasteiger partial charge is 0.0509 e. The fraction of sp³-hybridized carbons (Fsp3) is 0.615. The van der Waals surface area contributed by atoms with E-state index in [9.17, 15) is 0 Å². The van der Waals surface area contributed by atoms with E-state index in [-0.39, 0.29) is 0 Å². The third-order valence-electron chi connectivity index (χ3n) is 3.54. The highest BCUT2D eigenvalue weighted by Crippen LogP contribution is 2.24. The Bertz CT molecular complexity index is 394. The maximum Gasteiger partial charge on any atom is 0.0509 e. The summed E-state index contributed by atoms with van der Waals surface area (Å²) in [4.78, 5) is 9.14. The van der Waals surface area contributed by atoms with Crippen LogP contribution < -0.4 is 4.90 Å². The average Bonchev–Trinajstić information content (AvgIpc) is 2.32. The number of piperazine rings is 1. The lowest BCUT2D eigenvalue weighted by molar-refractivity contribution is 0.234. The molecule has 1 aromatic heterocycles. The molecule has 0 bridgehead atoms. The van der Waals surface area contributed by atoms with Crippen molar-refractivity contribution in [2.75, 3.05) is 31.6 Å². The highest BCUT2D eigenvalue weighted by molar-refractivity contribution is 6.17. The van der Waals surface area contributed by atoms with E-state index < -0.39 is 0 Å². The Labute approximate surface area is 108 Å². The molecule has 0 spiro atoms. The van der Waals surface area contributed by atoms with Crippen LogP contribution in [0.1, 0.15) is 18.2 Å². The molecule has 94 valence electrons. The molecular formula is C13H20ClN3. The molecule has 0 saturated carbocycles. The summed E-state index contributed by atoms with van der Waals surface area (Å²) in [6.07, 6.45) is 1.90. The zero-order valence-corrected chi connectivity index (χ0v) is 11.5. The molecule has 1 unspecified atom stereocenters. The molecule has 1 aliphatic heterocycles. The van der Waals surface area contributed by atoms with Crippen molar-refractivity contribution in [2.45, 2.75) is 25.8 Å². The number of pyridine rings is 1. The van der Waals surface area contributed by atoms with Gasteiger partial charge in [-0.15, -0.1) is 11.6 Å². The molecule has 0 aliphatic carbocycles. The van der Waals surface area contributed by atoms with Gasteiger partial charge in [-0.05, 0) is 27.0 Å². The van der Waals surface area contributed by atoms with Gasteiger partial charge in [-0.2, -0.15) is 0 Å². The summed E-state index contributed by atoms with van der Waals surface area (Å²) in [5.74, 6) is 0.531. The Morgan fingerprint density at radius 3 is 2.88 bits per heavy atom. The van der Waals surface area contributed by atoms with Crippen molar-refractivity contribution in [1.82, 2.24) is 9.88 Å². The van der Waals surface area contributed by atoms with Gasteiger partial charge in [0, 0.05) is 48.8 Å². The lowest BCUT2D eigenvalue weighted by Crippen LogP contribution is -2.50. The number of anilines is 1. The van der Waals surface area contributed by atoms with Gasteiger partial charge in [-0.1, -0.05) is 0 Å². The van der Waals surface area contributed by atoms with Crippen LogP contribution in [0.25, 0.3) is 0 Å². The van der Waals surface area contributed by atoms with Gasteiger partial charge in [0.05, 0.1) is 5.88 Å². The zero-order chi connectivity index (χ0) is 12.4. The molecule has 1 aromatic rings. The van der Waals surface area contributed by atoms with Crippen molar-refractivity contribution in [1.29, 1.82) is 0 Å². The van der Waals surface area contributed by atoms with Gasteiger partial charge < -0.3 is 9.80 Å². The third-order valence-corrected chi connectivity index (χ3v) is 3.83. The topological polar surface area (TPSA) is 19.4 Å². The van der Waals surface area contributed by atoms with E-state index >= 15 is 0 Å². The van der Waals surface area contributed by atoms with Crippen LogP contribution in [0.15, 0.2) is 12.3 Å². The number of likely N-dealkylation sites (N-methyl/N-ethyl adjacent to an activating group) is 1. The van der Waals surface area contributed by atoms with Crippen LogP contribution in [-0.2, 0) is 5.88 Å². The number of hydrogen-bond acceptors (Lipinski definition) is 3. The Kier molecular flexibility index (Phi) is 3.89. The molecule has 0 radical (unpaired) electrons. The number of nitrogens with zero attached hydrogens (tertiary/aromatic N) is 3. The first-order valence-corrected chi connectivity index (χ1v) is 6.62. The second kappa shape index (κ2) is 5.23. The van der Waals surface area contributed by atoms with Gasteiger partial charge in [0.25, 0.3) is 0 Å². The maximum absolute atomic E-state index is 5.99. The zero-order valence-electron chi connectivity index (χ0n) is 10.8. The molecule has 1 fully saturated rings. The molecular weight excluding hydrogens is 234 g/mol. The standard InChI is InChI=1S/C13H20ClN3/c1-10-6-13(12(7-14)8-15-10)17-5-4-16(3)11(2)9-17/h6,8,11H,4-5,7,9H2,1-3H3. The molecule has 17 heavy (non-hydrogen) atoms. The number of aromatic nitrogens is 1. The first-order chi connectivity index (χ1) is 8.11. The molecule has 1 atom stereocenters. The first kappa shape index (κ1) is 12.7. The van der Waals surface area contributed by atoms with E-state index in [4.69, 9.17) is 11.6 Å². The molecule has 3 nitrogen and oxygen atoms in total. The van der Waals surface area contributed by atoms with E-state index in [1.165, 1.54) is 5.69 Å². The van der Waals surface area contributed by atoms with Gasteiger partial charge in [0.2, 0.25) is 0 Å². The van der Waals surface area contributed by atoms with E-state index in [2.05, 4.69) is 34.8 Å². The Morgan fingerprint density at radius 1 is 1.47 bits per heavy atom. The highest BCUT2D eigenvalue weighted by atomic mass is 35.5. The number of aryl methyl sites for hydroxylation is 1. The van der Waals surface area contributed by atoms with E-state index in [1.54, 1.807) is 0 Å². The molecule has 1 aliphatic rings. The number of alkyl halides is 1. The van der Waals surface area contributed by atoms with Crippen LogP contribution in [0.4, 0.5) is 5.69 Å². The van der Waals surface area contributed by atoms with Gasteiger partial charge in [-0.3, -0.25) is 4.98 Å². The van der Waals surface area contributed by atoms with Crippen LogP contribution in [0, 0.1) is 6.92 Å². The lowest BCUT2D eigenvalue weighted by atomic mass is 10.1. The van der Waals surface area contributed by atoms with E-state index in [0.29, 0.717) is 11.9 Å². The molecule has 2 rings (SSSR count). The number of rotatable bonds is 2. The summed E-state index contributed by atoms with van der Waals surface area (Å²) in [5, 5.41) is 0. The van der Waals surface area contributed by atoms with Crippen LogP contribution >= 0.6 is 11.6 Å². The highest BCUT2D eigenvalue weighted by Gasteiger charge is 2.22. The minimum absolute atomic E-state index is 0.531. The second-order valence-electron chi connectivity index (χ2n) is 4.86. The Morgan fingerprint density at radius 2 is 2.24 bits per heavy atom. The van der Waals surface area contributed by atoms with Gasteiger partial charge in [-0.25, -0.2) is 0 Å². The van der Waals surface area contributed by atoms with Crippen LogP contribution in [0.3, 0.4) is 0 Å². The summed E-state index contributed by atoms with van der Waals surface area (Å²) < 4.78 is 0. The molecule has 0 amide bonds. The summed E-state index contributed by atoms with van der Waals surface area (Å²) >= 11 is 5.99. The summed E-state index contributed by atoms with van der Waals surface area (Å²) in [5.41, 5.74) is 3.45. The van der Waals surface area contributed by atoms with Crippen molar-refractivity contribution in [2.24, 2.45) is 0 Å². The molecule has 0 aromatic carbocycles. The van der Waals surface area contributed by atoms with Crippen molar-refractivity contribution in [3.05, 3.63) is 23.5 Å². The quantitative estimate of drug-likeness (QED) is 0.754. The van der Waals surface area contributed by atoms with Gasteiger partial charge >= 0.3 is 0 Å². The van der Waals surface area contributed by atoms with E-state index in [1.807, 2.05) is 13.1 Å². The summed E-state index contributed by atoms with van der Waals surface area (Å²) in [6.45, 7) is 7.52. The van der Waals surface area contributed by atoms with Crippen molar-refractivity contribution >= 4 is 17.3 Å². The fourth-order valence-corrected chi connectivity index (χ4v) is 2.44.